The SMILES string of the molecule is CC(C)C(=O)N1CCC[C@H]1c1cc2nc3c(c(=O)n2[nH]1)CCN(C(=O)C(C)(C)C)C3. The van der Waals surface area contributed by atoms with Crippen molar-refractivity contribution in [3.05, 3.63) is 33.4 Å². The normalized spacial score (nSPS) is 19.6. The van der Waals surface area contributed by atoms with Gasteiger partial charge in [0.15, 0.2) is 5.65 Å². The predicted molar refractivity (Wildman–Crippen MR) is 113 cm³/mol. The number of nitrogens with one attached hydrogen (secondary N) is 1. The van der Waals surface area contributed by atoms with Crippen LogP contribution in [0.4, 0.5) is 0 Å². The maximum Gasteiger partial charge on any atom is 0.276 e. The Morgan fingerprint density at radius 1 is 1.23 bits per heavy atom. The lowest BCUT2D eigenvalue weighted by atomic mass is 9.93. The summed E-state index contributed by atoms with van der Waals surface area (Å²) in [6.07, 6.45) is 2.32. The van der Waals surface area contributed by atoms with E-state index in [-0.39, 0.29) is 29.3 Å². The maximum atomic E-state index is 13.1. The van der Waals surface area contributed by atoms with Gasteiger partial charge in [0.2, 0.25) is 11.8 Å². The Morgan fingerprint density at radius 2 is 1.97 bits per heavy atom. The summed E-state index contributed by atoms with van der Waals surface area (Å²) in [4.78, 5) is 46.8. The van der Waals surface area contributed by atoms with E-state index < -0.39 is 5.41 Å². The summed E-state index contributed by atoms with van der Waals surface area (Å²) in [5.41, 5.74) is 2.16. The summed E-state index contributed by atoms with van der Waals surface area (Å²) >= 11 is 0. The van der Waals surface area contributed by atoms with Gasteiger partial charge in [-0.15, -0.1) is 0 Å². The van der Waals surface area contributed by atoms with Crippen molar-refractivity contribution in [3.8, 4) is 0 Å². The number of carbonyl (C=O) groups is 2. The lowest BCUT2D eigenvalue weighted by molar-refractivity contribution is -0.140. The number of aromatic amines is 1. The van der Waals surface area contributed by atoms with Gasteiger partial charge in [0.1, 0.15) is 0 Å². The highest BCUT2D eigenvalue weighted by Gasteiger charge is 2.34. The zero-order chi connectivity index (χ0) is 21.8. The fraction of sp³-hybridized carbons (Fsp3) is 0.636. The number of aromatic nitrogens is 3. The van der Waals surface area contributed by atoms with Gasteiger partial charge in [-0.25, -0.2) is 9.50 Å². The molecule has 4 rings (SSSR count). The molecule has 4 heterocycles. The highest BCUT2D eigenvalue weighted by molar-refractivity contribution is 5.81. The molecule has 8 nitrogen and oxygen atoms in total. The first-order valence-electron chi connectivity index (χ1n) is 10.8. The lowest BCUT2D eigenvalue weighted by Crippen LogP contribution is -2.44. The minimum Gasteiger partial charge on any atom is -0.336 e. The van der Waals surface area contributed by atoms with Gasteiger partial charge in [0.05, 0.1) is 24.0 Å². The molecule has 2 aliphatic rings. The van der Waals surface area contributed by atoms with E-state index in [0.29, 0.717) is 36.4 Å². The summed E-state index contributed by atoms with van der Waals surface area (Å²) in [6.45, 7) is 11.2. The number of fused-ring (bicyclic) bond motifs is 2. The highest BCUT2D eigenvalue weighted by Crippen LogP contribution is 2.32. The number of hydrogen-bond donors (Lipinski definition) is 1. The van der Waals surface area contributed by atoms with Gasteiger partial charge in [-0.2, -0.15) is 0 Å². The molecule has 8 heteroatoms. The predicted octanol–water partition coefficient (Wildman–Crippen LogP) is 2.27. The van der Waals surface area contributed by atoms with Gasteiger partial charge in [-0.05, 0) is 19.3 Å². The zero-order valence-electron chi connectivity index (χ0n) is 18.5. The average molecular weight is 414 g/mol. The van der Waals surface area contributed by atoms with Crippen molar-refractivity contribution in [2.24, 2.45) is 11.3 Å². The molecule has 2 aromatic heterocycles. The summed E-state index contributed by atoms with van der Waals surface area (Å²) in [7, 11) is 0. The van der Waals surface area contributed by atoms with Gasteiger partial charge in [-0.3, -0.25) is 19.5 Å². The van der Waals surface area contributed by atoms with Crippen molar-refractivity contribution in [2.45, 2.75) is 66.5 Å². The second kappa shape index (κ2) is 7.25. The number of nitrogens with zero attached hydrogens (tertiary/aromatic N) is 4. The van der Waals surface area contributed by atoms with E-state index in [1.165, 1.54) is 4.52 Å². The number of amides is 2. The van der Waals surface area contributed by atoms with Gasteiger partial charge < -0.3 is 9.80 Å². The molecule has 0 bridgehead atoms. The Bertz CT molecular complexity index is 1060. The molecule has 0 unspecified atom stereocenters. The molecule has 2 amide bonds. The van der Waals surface area contributed by atoms with Crippen molar-refractivity contribution in [2.75, 3.05) is 13.1 Å². The maximum absolute atomic E-state index is 13.1. The molecule has 162 valence electrons. The molecular weight excluding hydrogens is 382 g/mol. The van der Waals surface area contributed by atoms with Crippen LogP contribution in [0.1, 0.15) is 70.5 Å². The van der Waals surface area contributed by atoms with Gasteiger partial charge in [0.25, 0.3) is 5.56 Å². The second-order valence-corrected chi connectivity index (χ2v) is 9.82. The van der Waals surface area contributed by atoms with Crippen LogP contribution in [-0.4, -0.2) is 49.3 Å². The van der Waals surface area contributed by atoms with E-state index in [9.17, 15) is 14.4 Å². The van der Waals surface area contributed by atoms with Gasteiger partial charge in [0, 0.05) is 36.1 Å². The Hall–Kier alpha value is -2.64. The van der Waals surface area contributed by atoms with Crippen LogP contribution in [0.15, 0.2) is 10.9 Å². The summed E-state index contributed by atoms with van der Waals surface area (Å²) in [5.74, 6) is 0.139. The van der Waals surface area contributed by atoms with E-state index in [1.807, 2.05) is 45.6 Å². The molecule has 0 radical (unpaired) electrons. The monoisotopic (exact) mass is 413 g/mol. The largest absolute Gasteiger partial charge is 0.336 e. The first-order valence-corrected chi connectivity index (χ1v) is 10.8. The lowest BCUT2D eigenvalue weighted by Gasteiger charge is -2.32. The molecule has 1 atom stereocenters. The smallest absolute Gasteiger partial charge is 0.276 e. The molecule has 0 aromatic carbocycles. The van der Waals surface area contributed by atoms with E-state index >= 15 is 0 Å². The van der Waals surface area contributed by atoms with Crippen LogP contribution in [0, 0.1) is 11.3 Å². The van der Waals surface area contributed by atoms with Crippen molar-refractivity contribution in [1.82, 2.24) is 24.4 Å². The Balaban J connectivity index is 1.69. The van der Waals surface area contributed by atoms with Crippen LogP contribution in [0.5, 0.6) is 0 Å². The molecule has 30 heavy (non-hydrogen) atoms. The Labute approximate surface area is 176 Å². The third-order valence-electron chi connectivity index (χ3n) is 6.10. The number of hydrogen-bond acceptors (Lipinski definition) is 4. The van der Waals surface area contributed by atoms with Crippen LogP contribution < -0.4 is 5.56 Å². The van der Waals surface area contributed by atoms with Crippen LogP contribution in [0.2, 0.25) is 0 Å². The Kier molecular flexibility index (Phi) is 4.98. The van der Waals surface area contributed by atoms with Crippen LogP contribution in [-0.2, 0) is 22.6 Å². The number of rotatable bonds is 2. The second-order valence-electron chi connectivity index (χ2n) is 9.82. The van der Waals surface area contributed by atoms with Crippen molar-refractivity contribution in [3.63, 3.8) is 0 Å². The summed E-state index contributed by atoms with van der Waals surface area (Å²) in [5, 5.41) is 3.21. The minimum absolute atomic E-state index is 0.0583. The zero-order valence-corrected chi connectivity index (χ0v) is 18.5. The summed E-state index contributed by atoms with van der Waals surface area (Å²) in [6, 6.07) is 1.82. The third-order valence-corrected chi connectivity index (χ3v) is 6.10. The van der Waals surface area contributed by atoms with E-state index in [4.69, 9.17) is 4.98 Å². The topological polar surface area (TPSA) is 90.8 Å². The van der Waals surface area contributed by atoms with E-state index in [1.54, 1.807) is 4.90 Å². The van der Waals surface area contributed by atoms with Crippen molar-refractivity contribution >= 4 is 17.5 Å². The van der Waals surface area contributed by atoms with E-state index in [2.05, 4.69) is 5.10 Å². The minimum atomic E-state index is -0.465. The fourth-order valence-electron chi connectivity index (χ4n) is 4.52. The molecule has 1 fully saturated rings. The van der Waals surface area contributed by atoms with Crippen LogP contribution >= 0.6 is 0 Å². The number of carbonyl (C=O) groups excluding carboxylic acids is 2. The molecule has 0 aliphatic carbocycles. The molecular formula is C22H31N5O3. The third kappa shape index (κ3) is 3.42. The quantitative estimate of drug-likeness (QED) is 0.818. The molecule has 1 saturated heterocycles. The fourth-order valence-corrected chi connectivity index (χ4v) is 4.52. The van der Waals surface area contributed by atoms with Crippen LogP contribution in [0.3, 0.4) is 0 Å². The highest BCUT2D eigenvalue weighted by atomic mass is 16.2. The number of likely N-dealkylation sites (tertiary alicyclic amines) is 1. The standard InChI is InChI=1S/C22H31N5O3/c1-13(2)19(28)26-9-6-7-17(26)15-11-18-23-16-12-25(21(30)22(3,4)5)10-8-14(16)20(29)27(18)24-15/h11,13,17,24H,6-10,12H2,1-5H3/t17-/m0/s1. The number of H-pyrrole nitrogens is 1. The summed E-state index contributed by atoms with van der Waals surface area (Å²) < 4.78 is 1.49. The Morgan fingerprint density at radius 3 is 2.63 bits per heavy atom. The molecule has 1 N–H and O–H groups in total. The first-order chi connectivity index (χ1) is 14.1. The van der Waals surface area contributed by atoms with Gasteiger partial charge >= 0.3 is 0 Å². The van der Waals surface area contributed by atoms with Gasteiger partial charge in [-0.1, -0.05) is 34.6 Å². The van der Waals surface area contributed by atoms with E-state index in [0.717, 1.165) is 25.1 Å². The average Bonchev–Trinajstić information content (AvgIpc) is 3.32. The van der Waals surface area contributed by atoms with Crippen LogP contribution in [0.25, 0.3) is 5.65 Å². The first kappa shape index (κ1) is 20.6. The molecule has 0 spiro atoms. The molecule has 0 saturated carbocycles. The molecule has 2 aliphatic heterocycles. The molecule has 2 aromatic rings. The van der Waals surface area contributed by atoms with Crippen molar-refractivity contribution < 1.29 is 9.59 Å². The van der Waals surface area contributed by atoms with Crippen molar-refractivity contribution in [1.29, 1.82) is 0 Å².